The molecule has 0 heterocycles. The van der Waals surface area contributed by atoms with E-state index in [0.29, 0.717) is 5.66 Å². The molecule has 14 heavy (non-hydrogen) atoms. The molecular weight excluding hydrogens is 187 g/mol. The first kappa shape index (κ1) is 8.20. The largest absolute Gasteiger partial charge is 0.114 e. The molecule has 0 aliphatic heterocycles. The van der Waals surface area contributed by atoms with Crippen LogP contribution in [0.5, 0.6) is 0 Å². The molecule has 1 aliphatic carbocycles. The average molecular weight is 199 g/mol. The zero-order valence-corrected chi connectivity index (χ0v) is 9.32. The van der Waals surface area contributed by atoms with Crippen LogP contribution in [0.1, 0.15) is 16.8 Å². The van der Waals surface area contributed by atoms with E-state index in [1.54, 1.807) is 0 Å². The Hall–Kier alpha value is -1.13. The summed E-state index contributed by atoms with van der Waals surface area (Å²) in [6.07, 6.45) is 0. The van der Waals surface area contributed by atoms with E-state index in [0.717, 1.165) is 0 Å². The van der Waals surface area contributed by atoms with Gasteiger partial charge in [0.25, 0.3) is 0 Å². The molecule has 0 fully saturated rings. The molecule has 0 aromatic heterocycles. The van der Waals surface area contributed by atoms with E-state index < -0.39 is 0 Å². The fourth-order valence-corrected chi connectivity index (χ4v) is 2.97. The molecule has 1 heteroatoms. The van der Waals surface area contributed by atoms with Gasteiger partial charge in [-0.3, -0.25) is 0 Å². The molecule has 0 spiro atoms. The molecule has 1 aliphatic rings. The minimum Gasteiger partial charge on any atom is -0.0618 e. The summed E-state index contributed by atoms with van der Waals surface area (Å²) >= 11 is 0. The zero-order chi connectivity index (χ0) is 9.54. The van der Waals surface area contributed by atoms with Gasteiger partial charge in [0.05, 0.1) is 0 Å². The number of hydrogen-bond acceptors (Lipinski definition) is 0. The quantitative estimate of drug-likeness (QED) is 0.571. The second-order valence-electron chi connectivity index (χ2n) is 3.73. The lowest BCUT2D eigenvalue weighted by Crippen LogP contribution is -1.83. The lowest BCUT2D eigenvalue weighted by atomic mass is 10.1. The van der Waals surface area contributed by atoms with E-state index in [1.165, 1.54) is 22.3 Å². The first-order valence-electron chi connectivity index (χ1n) is 4.89. The number of benzene rings is 2. The Balaban J connectivity index is 2.36. The second-order valence-corrected chi connectivity index (χ2v) is 4.54. The van der Waals surface area contributed by atoms with Crippen molar-refractivity contribution in [3.05, 3.63) is 59.7 Å². The van der Waals surface area contributed by atoms with Crippen LogP contribution >= 0.6 is 9.24 Å². The average Bonchev–Trinajstić information content (AvgIpc) is 2.55. The van der Waals surface area contributed by atoms with Crippen molar-refractivity contribution < 1.29 is 0 Å². The van der Waals surface area contributed by atoms with Crippen molar-refractivity contribution in [1.82, 2.24) is 0 Å². The molecule has 0 nitrogen and oxygen atoms in total. The van der Waals surface area contributed by atoms with Gasteiger partial charge in [-0.2, -0.15) is 0 Å². The first-order chi connectivity index (χ1) is 6.88. The molecule has 68 valence electrons. The van der Waals surface area contributed by atoms with E-state index in [1.807, 2.05) is 0 Å². The van der Waals surface area contributed by atoms with Crippen LogP contribution in [-0.4, -0.2) is 0 Å². The maximum Gasteiger partial charge on any atom is 0.114 e. The van der Waals surface area contributed by atoms with Gasteiger partial charge in [0.2, 0.25) is 0 Å². The molecule has 1 unspecified atom stereocenters. The van der Waals surface area contributed by atoms with E-state index in [9.17, 15) is 0 Å². The van der Waals surface area contributed by atoms with Crippen LogP contribution in [0, 0.1) is 0 Å². The lowest BCUT2D eigenvalue weighted by molar-refractivity contribution is 1.22. The van der Waals surface area contributed by atoms with Gasteiger partial charge >= 0.3 is 0 Å². The predicted octanol–water partition coefficient (Wildman–Crippen LogP) is 3.36. The maximum absolute atomic E-state index is 2.24. The van der Waals surface area contributed by atoms with Crippen molar-refractivity contribution in [3.8, 4) is 11.1 Å². The molecular formula is C13H12P+. The summed E-state index contributed by atoms with van der Waals surface area (Å²) in [5, 5.41) is 0. The first-order valence-corrected chi connectivity index (χ1v) is 5.71. The maximum atomic E-state index is 2.24. The fraction of sp³-hybridized carbons (Fsp3) is 0.0769. The van der Waals surface area contributed by atoms with Crippen LogP contribution < -0.4 is 0 Å². The van der Waals surface area contributed by atoms with Crippen LogP contribution in [-0.2, 0) is 0 Å². The zero-order valence-electron chi connectivity index (χ0n) is 7.90. The topological polar surface area (TPSA) is 0 Å². The molecule has 0 amide bonds. The number of rotatable bonds is 0. The van der Waals surface area contributed by atoms with Crippen LogP contribution in [0.3, 0.4) is 0 Å². The molecule has 0 bridgehead atoms. The van der Waals surface area contributed by atoms with Gasteiger partial charge in [0, 0.05) is 11.1 Å². The molecule has 0 saturated heterocycles. The third kappa shape index (κ3) is 0.980. The second kappa shape index (κ2) is 2.93. The number of fused-ring (bicyclic) bond motifs is 3. The standard InChI is InChI=1S/C13H11P/c14-13-11-7-3-1-5-9(11)10-6-2-4-8-12(10)13/h1-8,13H,14H2/p+1. The van der Waals surface area contributed by atoms with E-state index >= 15 is 0 Å². The molecule has 2 aromatic rings. The van der Waals surface area contributed by atoms with Gasteiger partial charge < -0.3 is 0 Å². The Labute approximate surface area is 86.2 Å². The Bertz CT molecular complexity index is 443. The Kier molecular flexibility index (Phi) is 1.72. The summed E-state index contributed by atoms with van der Waals surface area (Å²) in [5.41, 5.74) is 6.38. The highest BCUT2D eigenvalue weighted by molar-refractivity contribution is 7.17. The minimum atomic E-state index is 0.586. The highest BCUT2D eigenvalue weighted by Crippen LogP contribution is 2.47. The normalized spacial score (nSPS) is 14.0. The summed E-state index contributed by atoms with van der Waals surface area (Å²) in [5.74, 6) is 0. The number of hydrogen-bond donors (Lipinski definition) is 0. The third-order valence-corrected chi connectivity index (χ3v) is 3.84. The summed E-state index contributed by atoms with van der Waals surface area (Å²) in [6, 6.07) is 17.4. The van der Waals surface area contributed by atoms with Crippen molar-refractivity contribution in [2.24, 2.45) is 0 Å². The van der Waals surface area contributed by atoms with Gasteiger partial charge in [-0.15, -0.1) is 0 Å². The van der Waals surface area contributed by atoms with Crippen molar-refractivity contribution in [3.63, 3.8) is 0 Å². The smallest absolute Gasteiger partial charge is 0.0618 e. The van der Waals surface area contributed by atoms with Crippen LogP contribution in [0.2, 0.25) is 0 Å². The highest BCUT2D eigenvalue weighted by atomic mass is 31.0. The van der Waals surface area contributed by atoms with Gasteiger partial charge in [-0.25, -0.2) is 0 Å². The minimum absolute atomic E-state index is 0.586. The molecule has 0 radical (unpaired) electrons. The predicted molar refractivity (Wildman–Crippen MR) is 64.8 cm³/mol. The lowest BCUT2D eigenvalue weighted by Gasteiger charge is -1.99. The Morgan fingerprint density at radius 3 is 1.64 bits per heavy atom. The highest BCUT2D eigenvalue weighted by Gasteiger charge is 2.27. The monoisotopic (exact) mass is 199 g/mol. The Morgan fingerprint density at radius 2 is 1.14 bits per heavy atom. The van der Waals surface area contributed by atoms with Crippen molar-refractivity contribution in [2.75, 3.05) is 0 Å². The summed E-state index contributed by atoms with van der Waals surface area (Å²) in [7, 11) is 2.07. The fourth-order valence-electron chi connectivity index (χ4n) is 2.26. The Morgan fingerprint density at radius 1 is 0.714 bits per heavy atom. The van der Waals surface area contributed by atoms with E-state index in [-0.39, 0.29) is 0 Å². The van der Waals surface area contributed by atoms with Gasteiger partial charge in [0.15, 0.2) is 0 Å². The van der Waals surface area contributed by atoms with E-state index in [4.69, 9.17) is 0 Å². The SMILES string of the molecule is [PH3+]C1c2ccccc2-c2ccccc21. The summed E-state index contributed by atoms with van der Waals surface area (Å²) in [4.78, 5) is 0. The molecule has 0 saturated carbocycles. The molecule has 0 N–H and O–H groups in total. The van der Waals surface area contributed by atoms with Crippen LogP contribution in [0.15, 0.2) is 48.5 Å². The molecule has 1 atom stereocenters. The van der Waals surface area contributed by atoms with Crippen LogP contribution in [0.25, 0.3) is 11.1 Å². The van der Waals surface area contributed by atoms with Crippen LogP contribution in [0.4, 0.5) is 0 Å². The third-order valence-electron chi connectivity index (χ3n) is 2.96. The molecule has 2 aromatic carbocycles. The van der Waals surface area contributed by atoms with Gasteiger partial charge in [-0.1, -0.05) is 48.5 Å². The van der Waals surface area contributed by atoms with Crippen molar-refractivity contribution >= 4 is 9.24 Å². The van der Waals surface area contributed by atoms with Gasteiger partial charge in [0.1, 0.15) is 5.66 Å². The summed E-state index contributed by atoms with van der Waals surface area (Å²) in [6.45, 7) is 0. The van der Waals surface area contributed by atoms with Gasteiger partial charge in [-0.05, 0) is 20.4 Å². The van der Waals surface area contributed by atoms with E-state index in [2.05, 4.69) is 57.8 Å². The molecule has 3 rings (SSSR count). The van der Waals surface area contributed by atoms with Crippen molar-refractivity contribution in [2.45, 2.75) is 5.66 Å². The van der Waals surface area contributed by atoms with Crippen molar-refractivity contribution in [1.29, 1.82) is 0 Å². The summed E-state index contributed by atoms with van der Waals surface area (Å²) < 4.78 is 0.